The van der Waals surface area contributed by atoms with Crippen molar-refractivity contribution >= 4 is 5.57 Å². The summed E-state index contributed by atoms with van der Waals surface area (Å²) in [5, 5.41) is 0. The third kappa shape index (κ3) is 2.93. The quantitative estimate of drug-likeness (QED) is 0.635. The van der Waals surface area contributed by atoms with Gasteiger partial charge < -0.3 is 0 Å². The number of rotatable bonds is 3. The fourth-order valence-electron chi connectivity index (χ4n) is 1.51. The van der Waals surface area contributed by atoms with E-state index in [9.17, 15) is 4.39 Å². The molecule has 16 heavy (non-hydrogen) atoms. The molecule has 0 amide bonds. The zero-order valence-corrected chi connectivity index (χ0v) is 10.0. The minimum Gasteiger partial charge on any atom is -0.206 e. The molecule has 0 spiro atoms. The van der Waals surface area contributed by atoms with Gasteiger partial charge in [-0.05, 0) is 31.9 Å². The van der Waals surface area contributed by atoms with E-state index in [2.05, 4.69) is 6.58 Å². The maximum Gasteiger partial charge on any atom is 0.133 e. The van der Waals surface area contributed by atoms with Crippen molar-refractivity contribution in [3.63, 3.8) is 0 Å². The summed E-state index contributed by atoms with van der Waals surface area (Å²) in [6, 6.07) is 7.80. The monoisotopic (exact) mass is 216 g/mol. The minimum absolute atomic E-state index is 0.247. The topological polar surface area (TPSA) is 0 Å². The van der Waals surface area contributed by atoms with Crippen LogP contribution < -0.4 is 0 Å². The summed E-state index contributed by atoms with van der Waals surface area (Å²) in [5.74, 6) is -0.247. The van der Waals surface area contributed by atoms with E-state index in [1.807, 2.05) is 44.2 Å². The van der Waals surface area contributed by atoms with Gasteiger partial charge in [0.25, 0.3) is 0 Å². The van der Waals surface area contributed by atoms with Crippen LogP contribution >= 0.6 is 0 Å². The number of halogens is 1. The molecule has 1 rings (SSSR count). The first-order valence-electron chi connectivity index (χ1n) is 5.31. The third-order valence-corrected chi connectivity index (χ3v) is 2.27. The molecular weight excluding hydrogens is 199 g/mol. The lowest BCUT2D eigenvalue weighted by atomic mass is 10.0. The van der Waals surface area contributed by atoms with E-state index in [0.29, 0.717) is 11.1 Å². The molecule has 0 saturated heterocycles. The Bertz CT molecular complexity index is 450. The Morgan fingerprint density at radius 3 is 2.56 bits per heavy atom. The second-order valence-electron chi connectivity index (χ2n) is 3.88. The van der Waals surface area contributed by atoms with Crippen molar-refractivity contribution in [3.05, 3.63) is 65.5 Å². The van der Waals surface area contributed by atoms with Crippen LogP contribution in [0, 0.1) is 6.92 Å². The van der Waals surface area contributed by atoms with Gasteiger partial charge in [0, 0.05) is 5.57 Å². The molecule has 0 heterocycles. The van der Waals surface area contributed by atoms with E-state index in [1.165, 1.54) is 0 Å². The molecule has 84 valence electrons. The van der Waals surface area contributed by atoms with Gasteiger partial charge in [-0.2, -0.15) is 0 Å². The highest BCUT2D eigenvalue weighted by Gasteiger charge is 2.07. The molecule has 0 aliphatic carbocycles. The van der Waals surface area contributed by atoms with Crippen LogP contribution in [0.2, 0.25) is 0 Å². The normalized spacial score (nSPS) is 12.8. The molecule has 0 unspecified atom stereocenters. The van der Waals surface area contributed by atoms with Crippen LogP contribution in [0.25, 0.3) is 5.57 Å². The van der Waals surface area contributed by atoms with E-state index in [-0.39, 0.29) is 5.83 Å². The van der Waals surface area contributed by atoms with Gasteiger partial charge in [-0.3, -0.25) is 0 Å². The van der Waals surface area contributed by atoms with Gasteiger partial charge in [-0.15, -0.1) is 0 Å². The van der Waals surface area contributed by atoms with Gasteiger partial charge in [0.1, 0.15) is 5.83 Å². The molecule has 0 aliphatic rings. The molecule has 0 fully saturated rings. The maximum atomic E-state index is 13.9. The second kappa shape index (κ2) is 5.45. The van der Waals surface area contributed by atoms with Crippen LogP contribution in [0.5, 0.6) is 0 Å². The predicted octanol–water partition coefficient (Wildman–Crippen LogP) is 4.83. The molecule has 0 saturated carbocycles. The summed E-state index contributed by atoms with van der Waals surface area (Å²) in [6.45, 7) is 9.19. The van der Waals surface area contributed by atoms with Gasteiger partial charge in [-0.25, -0.2) is 4.39 Å². The number of allylic oxidation sites excluding steroid dienone is 5. The van der Waals surface area contributed by atoms with Gasteiger partial charge >= 0.3 is 0 Å². The number of hydrogen-bond acceptors (Lipinski definition) is 0. The Labute approximate surface area is 96.8 Å². The van der Waals surface area contributed by atoms with Crippen molar-refractivity contribution in [1.29, 1.82) is 0 Å². The van der Waals surface area contributed by atoms with Gasteiger partial charge in [0.2, 0.25) is 0 Å². The fraction of sp³-hybridized carbons (Fsp3) is 0.200. The highest BCUT2D eigenvalue weighted by Crippen LogP contribution is 2.25. The Balaban J connectivity index is 3.34. The van der Waals surface area contributed by atoms with Crippen molar-refractivity contribution in [2.24, 2.45) is 0 Å². The van der Waals surface area contributed by atoms with Crippen LogP contribution in [0.1, 0.15) is 25.0 Å². The van der Waals surface area contributed by atoms with Crippen molar-refractivity contribution < 1.29 is 4.39 Å². The number of aryl methyl sites for hydroxylation is 1. The molecule has 1 aromatic rings. The van der Waals surface area contributed by atoms with E-state index in [1.54, 1.807) is 13.0 Å². The van der Waals surface area contributed by atoms with Crippen molar-refractivity contribution in [3.8, 4) is 0 Å². The Morgan fingerprint density at radius 2 is 2.06 bits per heavy atom. The zero-order valence-electron chi connectivity index (χ0n) is 10.0. The fourth-order valence-corrected chi connectivity index (χ4v) is 1.51. The van der Waals surface area contributed by atoms with Crippen LogP contribution in [0.4, 0.5) is 4.39 Å². The van der Waals surface area contributed by atoms with Crippen LogP contribution in [-0.4, -0.2) is 0 Å². The van der Waals surface area contributed by atoms with Crippen LogP contribution in [0.3, 0.4) is 0 Å². The van der Waals surface area contributed by atoms with E-state index in [0.717, 1.165) is 11.1 Å². The number of hydrogen-bond donors (Lipinski definition) is 0. The SMILES string of the molecule is C=C(C)/C(F)=C(\C=C/C)c1cccc(C)c1. The molecule has 0 nitrogen and oxygen atoms in total. The lowest BCUT2D eigenvalue weighted by molar-refractivity contribution is 0.656. The minimum atomic E-state index is -0.247. The average molecular weight is 216 g/mol. The standard InChI is InChI=1S/C15H17F/c1-5-7-14(15(16)11(2)3)13-9-6-8-12(4)10-13/h5-10H,2H2,1,3-4H3/b7-5-,15-14-. The first-order valence-corrected chi connectivity index (χ1v) is 5.31. The highest BCUT2D eigenvalue weighted by atomic mass is 19.1. The smallest absolute Gasteiger partial charge is 0.133 e. The first kappa shape index (κ1) is 12.4. The molecule has 1 heteroatoms. The molecule has 0 atom stereocenters. The van der Waals surface area contributed by atoms with Crippen molar-refractivity contribution in [2.75, 3.05) is 0 Å². The molecule has 0 bridgehead atoms. The van der Waals surface area contributed by atoms with E-state index >= 15 is 0 Å². The van der Waals surface area contributed by atoms with Gasteiger partial charge in [0.15, 0.2) is 0 Å². The van der Waals surface area contributed by atoms with E-state index in [4.69, 9.17) is 0 Å². The second-order valence-corrected chi connectivity index (χ2v) is 3.88. The molecule has 0 N–H and O–H groups in total. The lowest BCUT2D eigenvalue weighted by Crippen LogP contribution is -1.87. The average Bonchev–Trinajstić information content (AvgIpc) is 2.24. The number of benzene rings is 1. The van der Waals surface area contributed by atoms with Gasteiger partial charge in [0.05, 0.1) is 0 Å². The van der Waals surface area contributed by atoms with Crippen molar-refractivity contribution in [1.82, 2.24) is 0 Å². The molecule has 0 radical (unpaired) electrons. The zero-order chi connectivity index (χ0) is 12.1. The third-order valence-electron chi connectivity index (χ3n) is 2.27. The maximum absolute atomic E-state index is 13.9. The van der Waals surface area contributed by atoms with Gasteiger partial charge in [-0.1, -0.05) is 48.6 Å². The lowest BCUT2D eigenvalue weighted by Gasteiger charge is -2.06. The first-order chi connectivity index (χ1) is 7.56. The molecular formula is C15H17F. The highest BCUT2D eigenvalue weighted by molar-refractivity contribution is 5.78. The molecule has 0 aromatic heterocycles. The van der Waals surface area contributed by atoms with Crippen molar-refractivity contribution in [2.45, 2.75) is 20.8 Å². The predicted molar refractivity (Wildman–Crippen MR) is 68.8 cm³/mol. The van der Waals surface area contributed by atoms with Crippen LogP contribution in [-0.2, 0) is 0 Å². The molecule has 1 aromatic carbocycles. The Hall–Kier alpha value is -1.63. The Morgan fingerprint density at radius 1 is 1.38 bits per heavy atom. The summed E-state index contributed by atoms with van der Waals surface area (Å²) in [5.41, 5.74) is 3.06. The summed E-state index contributed by atoms with van der Waals surface area (Å²) in [6.07, 6.45) is 3.61. The summed E-state index contributed by atoms with van der Waals surface area (Å²) >= 11 is 0. The summed E-state index contributed by atoms with van der Waals surface area (Å²) in [7, 11) is 0. The Kier molecular flexibility index (Phi) is 4.24. The largest absolute Gasteiger partial charge is 0.206 e. The summed E-state index contributed by atoms with van der Waals surface area (Å²) < 4.78 is 13.9. The molecule has 0 aliphatic heterocycles. The summed E-state index contributed by atoms with van der Waals surface area (Å²) in [4.78, 5) is 0. The van der Waals surface area contributed by atoms with Crippen LogP contribution in [0.15, 0.2) is 54.4 Å². The van der Waals surface area contributed by atoms with E-state index < -0.39 is 0 Å².